The number of fused-ring (bicyclic) bond motifs is 1. The number of aliphatic imine (C=N–C) groups is 1. The molecule has 0 atom stereocenters. The second-order valence-electron chi connectivity index (χ2n) is 7.23. The molecule has 1 aliphatic heterocycles. The van der Waals surface area contributed by atoms with Crippen LogP contribution in [0.5, 0.6) is 0 Å². The first-order valence-electron chi connectivity index (χ1n) is 9.77. The van der Waals surface area contributed by atoms with Gasteiger partial charge in [-0.3, -0.25) is 9.39 Å². The zero-order chi connectivity index (χ0) is 20.1. The zero-order valence-corrected chi connectivity index (χ0v) is 17.2. The summed E-state index contributed by atoms with van der Waals surface area (Å²) in [5.41, 5.74) is 2.02. The molecule has 0 aliphatic carbocycles. The number of benzene rings is 1. The summed E-state index contributed by atoms with van der Waals surface area (Å²) >= 11 is 6.27. The van der Waals surface area contributed by atoms with E-state index >= 15 is 0 Å². The molecule has 0 radical (unpaired) electrons. The number of guanidine groups is 1. The van der Waals surface area contributed by atoms with E-state index in [2.05, 4.69) is 38.0 Å². The van der Waals surface area contributed by atoms with Gasteiger partial charge in [-0.2, -0.15) is 0 Å². The third kappa shape index (κ3) is 4.36. The van der Waals surface area contributed by atoms with Crippen LogP contribution < -0.4 is 10.6 Å². The van der Waals surface area contributed by atoms with E-state index in [1.807, 2.05) is 40.9 Å². The molecule has 3 aromatic rings. The lowest BCUT2D eigenvalue weighted by atomic mass is 9.74. The Bertz CT molecular complexity index is 996. The molecule has 1 aromatic carbocycles. The summed E-state index contributed by atoms with van der Waals surface area (Å²) in [6.07, 6.45) is 3.83. The molecular formula is C21H25ClN6O. The summed E-state index contributed by atoms with van der Waals surface area (Å²) in [6, 6.07) is 14.0. The quantitative estimate of drug-likeness (QED) is 0.498. The number of aromatic nitrogens is 3. The Hall–Kier alpha value is -2.64. The van der Waals surface area contributed by atoms with E-state index in [9.17, 15) is 0 Å². The van der Waals surface area contributed by atoms with E-state index in [4.69, 9.17) is 16.3 Å². The summed E-state index contributed by atoms with van der Waals surface area (Å²) in [5.74, 6) is 1.56. The molecule has 0 bridgehead atoms. The molecule has 0 unspecified atom stereocenters. The lowest BCUT2D eigenvalue weighted by molar-refractivity contribution is 0.0514. The van der Waals surface area contributed by atoms with Crippen LogP contribution in [0.3, 0.4) is 0 Å². The van der Waals surface area contributed by atoms with Crippen molar-refractivity contribution < 1.29 is 4.74 Å². The van der Waals surface area contributed by atoms with Crippen molar-refractivity contribution in [2.45, 2.75) is 24.8 Å². The molecule has 152 valence electrons. The Morgan fingerprint density at radius 3 is 2.83 bits per heavy atom. The van der Waals surface area contributed by atoms with Gasteiger partial charge in [0.15, 0.2) is 17.4 Å². The standard InChI is InChI=1S/C21H25ClN6O/c1-23-20(24-14-19-27-26-18-7-2-3-10-28(18)19)25-15-21(8-11-29-12-9-21)16-5-4-6-17(22)13-16/h2-7,10,13H,8-9,11-12,14-15H2,1H3,(H2,23,24,25). The van der Waals surface area contributed by atoms with Crippen LogP contribution in [0.15, 0.2) is 53.7 Å². The number of hydrogen-bond donors (Lipinski definition) is 2. The third-order valence-electron chi connectivity index (χ3n) is 5.50. The average Bonchev–Trinajstić information content (AvgIpc) is 3.18. The Labute approximate surface area is 175 Å². The van der Waals surface area contributed by atoms with Gasteiger partial charge in [-0.05, 0) is 42.7 Å². The number of halogens is 1. The normalized spacial score (nSPS) is 16.7. The summed E-state index contributed by atoms with van der Waals surface area (Å²) < 4.78 is 7.59. The third-order valence-corrected chi connectivity index (χ3v) is 5.74. The van der Waals surface area contributed by atoms with Gasteiger partial charge >= 0.3 is 0 Å². The van der Waals surface area contributed by atoms with Crippen molar-refractivity contribution in [2.75, 3.05) is 26.8 Å². The highest BCUT2D eigenvalue weighted by Gasteiger charge is 2.34. The van der Waals surface area contributed by atoms with Crippen LogP contribution in [-0.4, -0.2) is 47.4 Å². The van der Waals surface area contributed by atoms with Crippen molar-refractivity contribution >= 4 is 23.2 Å². The first kappa shape index (κ1) is 19.7. The molecule has 8 heteroatoms. The van der Waals surface area contributed by atoms with Crippen LogP contribution in [-0.2, 0) is 16.7 Å². The van der Waals surface area contributed by atoms with Gasteiger partial charge in [-0.15, -0.1) is 10.2 Å². The van der Waals surface area contributed by atoms with Gasteiger partial charge < -0.3 is 15.4 Å². The fraction of sp³-hybridized carbons (Fsp3) is 0.381. The van der Waals surface area contributed by atoms with Crippen LogP contribution in [0.2, 0.25) is 5.02 Å². The minimum absolute atomic E-state index is 0.0394. The first-order valence-corrected chi connectivity index (χ1v) is 10.1. The Balaban J connectivity index is 1.44. The largest absolute Gasteiger partial charge is 0.381 e. The maximum Gasteiger partial charge on any atom is 0.191 e. The van der Waals surface area contributed by atoms with E-state index in [1.165, 1.54) is 5.56 Å². The predicted octanol–water partition coefficient (Wildman–Crippen LogP) is 2.80. The van der Waals surface area contributed by atoms with Gasteiger partial charge in [0, 0.05) is 43.4 Å². The van der Waals surface area contributed by atoms with Gasteiger partial charge in [-0.1, -0.05) is 29.8 Å². The molecule has 0 saturated carbocycles. The smallest absolute Gasteiger partial charge is 0.191 e. The van der Waals surface area contributed by atoms with E-state index in [0.29, 0.717) is 6.54 Å². The van der Waals surface area contributed by atoms with Crippen molar-refractivity contribution in [2.24, 2.45) is 4.99 Å². The van der Waals surface area contributed by atoms with E-state index in [0.717, 1.165) is 55.1 Å². The fourth-order valence-electron chi connectivity index (χ4n) is 3.80. The average molecular weight is 413 g/mol. The molecule has 1 aliphatic rings. The topological polar surface area (TPSA) is 75.8 Å². The Morgan fingerprint density at radius 1 is 1.17 bits per heavy atom. The maximum absolute atomic E-state index is 6.27. The molecule has 3 heterocycles. The monoisotopic (exact) mass is 412 g/mol. The van der Waals surface area contributed by atoms with Crippen molar-refractivity contribution in [3.05, 3.63) is 65.1 Å². The molecule has 0 amide bonds. The number of nitrogens with one attached hydrogen (secondary N) is 2. The van der Waals surface area contributed by atoms with Crippen LogP contribution in [0, 0.1) is 0 Å². The summed E-state index contributed by atoms with van der Waals surface area (Å²) in [5, 5.41) is 16.0. The van der Waals surface area contributed by atoms with Crippen molar-refractivity contribution in [1.82, 2.24) is 25.2 Å². The van der Waals surface area contributed by atoms with Crippen molar-refractivity contribution in [3.63, 3.8) is 0 Å². The fourth-order valence-corrected chi connectivity index (χ4v) is 3.99. The molecule has 2 aromatic heterocycles. The van der Waals surface area contributed by atoms with Crippen molar-refractivity contribution in [3.8, 4) is 0 Å². The maximum atomic E-state index is 6.27. The molecule has 4 rings (SSSR count). The number of nitrogens with zero attached hydrogens (tertiary/aromatic N) is 4. The summed E-state index contributed by atoms with van der Waals surface area (Å²) in [4.78, 5) is 4.37. The zero-order valence-electron chi connectivity index (χ0n) is 16.4. The Morgan fingerprint density at radius 2 is 2.03 bits per heavy atom. The minimum atomic E-state index is -0.0394. The molecule has 1 fully saturated rings. The lowest BCUT2D eigenvalue weighted by Crippen LogP contribution is -2.48. The van der Waals surface area contributed by atoms with E-state index in [-0.39, 0.29) is 5.41 Å². The minimum Gasteiger partial charge on any atom is -0.381 e. The SMILES string of the molecule is CN=C(NCc1nnc2ccccn12)NCC1(c2cccc(Cl)c2)CCOCC1. The van der Waals surface area contributed by atoms with Gasteiger partial charge in [0.05, 0.1) is 6.54 Å². The van der Waals surface area contributed by atoms with Crippen LogP contribution in [0.25, 0.3) is 5.65 Å². The van der Waals surface area contributed by atoms with Gasteiger partial charge in [-0.25, -0.2) is 0 Å². The molecule has 7 nitrogen and oxygen atoms in total. The van der Waals surface area contributed by atoms with Gasteiger partial charge in [0.1, 0.15) is 0 Å². The number of rotatable bonds is 5. The highest BCUT2D eigenvalue weighted by molar-refractivity contribution is 6.30. The van der Waals surface area contributed by atoms with Gasteiger partial charge in [0.2, 0.25) is 0 Å². The number of hydrogen-bond acceptors (Lipinski definition) is 4. The molecule has 1 saturated heterocycles. The second kappa shape index (κ2) is 8.80. The Kier molecular flexibility index (Phi) is 5.97. The van der Waals surface area contributed by atoms with Crippen molar-refractivity contribution in [1.29, 1.82) is 0 Å². The second-order valence-corrected chi connectivity index (χ2v) is 7.66. The van der Waals surface area contributed by atoms with Crippen LogP contribution >= 0.6 is 11.6 Å². The molecule has 2 N–H and O–H groups in total. The number of ether oxygens (including phenoxy) is 1. The molecule has 0 spiro atoms. The van der Waals surface area contributed by atoms with Crippen LogP contribution in [0.1, 0.15) is 24.2 Å². The highest BCUT2D eigenvalue weighted by Crippen LogP contribution is 2.35. The predicted molar refractivity (Wildman–Crippen MR) is 114 cm³/mol. The van der Waals surface area contributed by atoms with Crippen LogP contribution in [0.4, 0.5) is 0 Å². The molecule has 29 heavy (non-hydrogen) atoms. The summed E-state index contributed by atoms with van der Waals surface area (Å²) in [6.45, 7) is 2.76. The molecular weight excluding hydrogens is 388 g/mol. The highest BCUT2D eigenvalue weighted by atomic mass is 35.5. The van der Waals surface area contributed by atoms with Gasteiger partial charge in [0.25, 0.3) is 0 Å². The summed E-state index contributed by atoms with van der Waals surface area (Å²) in [7, 11) is 1.77. The van der Waals surface area contributed by atoms with E-state index < -0.39 is 0 Å². The number of pyridine rings is 1. The van der Waals surface area contributed by atoms with E-state index in [1.54, 1.807) is 7.05 Å². The first-order chi connectivity index (χ1) is 14.2. The lowest BCUT2D eigenvalue weighted by Gasteiger charge is -2.38.